The lowest BCUT2D eigenvalue weighted by atomic mass is 9.87. The number of morpholine rings is 1. The van der Waals surface area contributed by atoms with Crippen LogP contribution in [0.3, 0.4) is 0 Å². The Morgan fingerprint density at radius 2 is 1.77 bits per heavy atom. The van der Waals surface area contributed by atoms with E-state index in [-0.39, 0.29) is 6.10 Å². The van der Waals surface area contributed by atoms with E-state index in [4.69, 9.17) is 4.74 Å². The minimum Gasteiger partial charge on any atom is -0.391 e. The van der Waals surface area contributed by atoms with Crippen LogP contribution in [0.4, 0.5) is 0 Å². The Hall–Kier alpha value is -0.120. The molecule has 1 heterocycles. The van der Waals surface area contributed by atoms with Gasteiger partial charge in [-0.05, 0) is 26.7 Å². The maximum Gasteiger partial charge on any atom is 0.0696 e. The highest BCUT2D eigenvalue weighted by Crippen LogP contribution is 2.27. The molecule has 0 bridgehead atoms. The van der Waals surface area contributed by atoms with Crippen LogP contribution in [0.15, 0.2) is 0 Å². The van der Waals surface area contributed by atoms with Crippen LogP contribution >= 0.6 is 0 Å². The van der Waals surface area contributed by atoms with E-state index < -0.39 is 0 Å². The van der Waals surface area contributed by atoms with Crippen LogP contribution in [-0.2, 0) is 4.74 Å². The summed E-state index contributed by atoms with van der Waals surface area (Å²) in [7, 11) is 0. The zero-order valence-electron chi connectivity index (χ0n) is 8.44. The molecule has 2 fully saturated rings. The molecule has 3 heteroatoms. The average Bonchev–Trinajstić information content (AvgIpc) is 1.99. The number of ether oxygens (including phenoxy) is 1. The third-order valence-electron chi connectivity index (χ3n) is 3.12. The lowest BCUT2D eigenvalue weighted by Crippen LogP contribution is -2.57. The zero-order chi connectivity index (χ0) is 9.42. The highest BCUT2D eigenvalue weighted by Gasteiger charge is 2.37. The quantitative estimate of drug-likeness (QED) is 0.650. The molecule has 3 nitrogen and oxygen atoms in total. The number of hydrogen-bond donors (Lipinski definition) is 1. The zero-order valence-corrected chi connectivity index (χ0v) is 8.44. The Bertz CT molecular complexity index is 176. The van der Waals surface area contributed by atoms with Crippen molar-refractivity contribution in [2.75, 3.05) is 13.1 Å². The Labute approximate surface area is 79.7 Å². The van der Waals surface area contributed by atoms with Gasteiger partial charge in [0, 0.05) is 19.1 Å². The van der Waals surface area contributed by atoms with E-state index in [1.807, 2.05) is 0 Å². The van der Waals surface area contributed by atoms with Gasteiger partial charge >= 0.3 is 0 Å². The van der Waals surface area contributed by atoms with E-state index >= 15 is 0 Å². The van der Waals surface area contributed by atoms with Gasteiger partial charge < -0.3 is 9.84 Å². The molecule has 0 aromatic heterocycles. The van der Waals surface area contributed by atoms with Crippen LogP contribution in [0.25, 0.3) is 0 Å². The van der Waals surface area contributed by atoms with Gasteiger partial charge in [0.1, 0.15) is 0 Å². The summed E-state index contributed by atoms with van der Waals surface area (Å²) in [6.07, 6.45) is 2.68. The smallest absolute Gasteiger partial charge is 0.0696 e. The Morgan fingerprint density at radius 1 is 1.15 bits per heavy atom. The normalized spacial score (nSPS) is 47.3. The number of nitrogens with zero attached hydrogens (tertiary/aromatic N) is 1. The minimum atomic E-state index is -0.0856. The number of rotatable bonds is 1. The van der Waals surface area contributed by atoms with Crippen molar-refractivity contribution in [2.24, 2.45) is 0 Å². The van der Waals surface area contributed by atoms with Gasteiger partial charge in [-0.3, -0.25) is 4.90 Å². The van der Waals surface area contributed by atoms with Crippen LogP contribution in [0.5, 0.6) is 0 Å². The van der Waals surface area contributed by atoms with E-state index in [0.717, 1.165) is 25.9 Å². The minimum absolute atomic E-state index is 0.0856. The molecule has 2 rings (SSSR count). The van der Waals surface area contributed by atoms with Gasteiger partial charge in [0.2, 0.25) is 0 Å². The maximum absolute atomic E-state index is 9.55. The molecule has 0 amide bonds. The molecule has 0 aromatic rings. The largest absolute Gasteiger partial charge is 0.391 e. The van der Waals surface area contributed by atoms with Gasteiger partial charge in [0.25, 0.3) is 0 Å². The van der Waals surface area contributed by atoms with Gasteiger partial charge in [0.15, 0.2) is 0 Å². The Balaban J connectivity index is 1.91. The molecule has 76 valence electrons. The molecule has 4 atom stereocenters. The maximum atomic E-state index is 9.55. The predicted octanol–water partition coefficient (Wildman–Crippen LogP) is 0.619. The molecule has 1 N–H and O–H groups in total. The summed E-state index contributed by atoms with van der Waals surface area (Å²) in [6.45, 7) is 6.17. The summed E-state index contributed by atoms with van der Waals surface area (Å²) in [5.41, 5.74) is 0. The van der Waals surface area contributed by atoms with Crippen molar-refractivity contribution in [1.29, 1.82) is 0 Å². The number of hydrogen-bond acceptors (Lipinski definition) is 3. The molecule has 1 saturated carbocycles. The summed E-state index contributed by atoms with van der Waals surface area (Å²) in [5, 5.41) is 9.55. The van der Waals surface area contributed by atoms with Gasteiger partial charge in [-0.2, -0.15) is 0 Å². The Morgan fingerprint density at radius 3 is 2.15 bits per heavy atom. The fourth-order valence-corrected chi connectivity index (χ4v) is 2.38. The molecular weight excluding hydrogens is 166 g/mol. The first-order chi connectivity index (χ1) is 6.16. The van der Waals surface area contributed by atoms with Crippen molar-refractivity contribution < 1.29 is 9.84 Å². The van der Waals surface area contributed by atoms with Crippen LogP contribution in [0.2, 0.25) is 0 Å². The summed E-state index contributed by atoms with van der Waals surface area (Å²) < 4.78 is 5.65. The molecule has 0 spiro atoms. The molecule has 1 saturated heterocycles. The third kappa shape index (κ3) is 1.87. The fraction of sp³-hybridized carbons (Fsp3) is 1.00. The van der Waals surface area contributed by atoms with Crippen LogP contribution in [0, 0.1) is 0 Å². The molecule has 1 aliphatic heterocycles. The fourth-order valence-electron chi connectivity index (χ4n) is 2.38. The monoisotopic (exact) mass is 185 g/mol. The van der Waals surface area contributed by atoms with Crippen LogP contribution in [0.1, 0.15) is 26.7 Å². The van der Waals surface area contributed by atoms with E-state index in [2.05, 4.69) is 18.7 Å². The summed E-state index contributed by atoms with van der Waals surface area (Å²) in [6, 6.07) is 0.411. The van der Waals surface area contributed by atoms with Crippen molar-refractivity contribution in [3.63, 3.8) is 0 Å². The van der Waals surface area contributed by atoms with E-state index in [1.165, 1.54) is 0 Å². The standard InChI is InChI=1S/C10H19NO2/c1-7-5-11(6-8(2)13-7)9-3-4-10(9)12/h7-10,12H,3-6H2,1-2H3/t7-,8+,9-,10-/m0/s1. The summed E-state index contributed by atoms with van der Waals surface area (Å²) in [4.78, 5) is 2.38. The summed E-state index contributed by atoms with van der Waals surface area (Å²) in [5.74, 6) is 0. The highest BCUT2D eigenvalue weighted by molar-refractivity contribution is 4.91. The molecule has 1 aliphatic carbocycles. The molecule has 13 heavy (non-hydrogen) atoms. The first-order valence-corrected chi connectivity index (χ1v) is 5.24. The Kier molecular flexibility index (Phi) is 2.58. The van der Waals surface area contributed by atoms with Crippen LogP contribution in [-0.4, -0.2) is 47.4 Å². The highest BCUT2D eigenvalue weighted by atomic mass is 16.5. The van der Waals surface area contributed by atoms with E-state index in [1.54, 1.807) is 0 Å². The van der Waals surface area contributed by atoms with E-state index in [0.29, 0.717) is 18.2 Å². The van der Waals surface area contributed by atoms with Crippen molar-refractivity contribution in [2.45, 2.75) is 51.0 Å². The second-order valence-electron chi connectivity index (χ2n) is 4.42. The summed E-state index contributed by atoms with van der Waals surface area (Å²) >= 11 is 0. The first-order valence-electron chi connectivity index (χ1n) is 5.24. The third-order valence-corrected chi connectivity index (χ3v) is 3.12. The average molecular weight is 185 g/mol. The van der Waals surface area contributed by atoms with Gasteiger partial charge in [-0.15, -0.1) is 0 Å². The molecule has 2 aliphatic rings. The van der Waals surface area contributed by atoms with Crippen molar-refractivity contribution >= 4 is 0 Å². The molecular formula is C10H19NO2. The van der Waals surface area contributed by atoms with Crippen molar-refractivity contribution in [1.82, 2.24) is 4.90 Å². The lowest BCUT2D eigenvalue weighted by molar-refractivity contribution is -0.116. The SMILES string of the molecule is C[C@@H]1CN([C@H]2CC[C@@H]2O)C[C@H](C)O1. The van der Waals surface area contributed by atoms with Crippen molar-refractivity contribution in [3.8, 4) is 0 Å². The van der Waals surface area contributed by atoms with Gasteiger partial charge in [-0.25, -0.2) is 0 Å². The van der Waals surface area contributed by atoms with Crippen molar-refractivity contribution in [3.05, 3.63) is 0 Å². The first kappa shape index (κ1) is 9.44. The second kappa shape index (κ2) is 3.56. The van der Waals surface area contributed by atoms with Crippen LogP contribution < -0.4 is 0 Å². The van der Waals surface area contributed by atoms with Gasteiger partial charge in [0.05, 0.1) is 18.3 Å². The van der Waals surface area contributed by atoms with Gasteiger partial charge in [-0.1, -0.05) is 0 Å². The number of aliphatic hydroxyl groups is 1. The number of aliphatic hydroxyl groups excluding tert-OH is 1. The lowest BCUT2D eigenvalue weighted by Gasteiger charge is -2.46. The predicted molar refractivity (Wildman–Crippen MR) is 50.6 cm³/mol. The van der Waals surface area contributed by atoms with E-state index in [9.17, 15) is 5.11 Å². The molecule has 0 unspecified atom stereocenters. The topological polar surface area (TPSA) is 32.7 Å². The second-order valence-corrected chi connectivity index (χ2v) is 4.42. The molecule has 0 radical (unpaired) electrons. The molecule has 0 aromatic carbocycles.